The van der Waals surface area contributed by atoms with Gasteiger partial charge in [-0.1, -0.05) is 17.7 Å². The third-order valence-corrected chi connectivity index (χ3v) is 5.76. The first-order valence-corrected chi connectivity index (χ1v) is 10.6. The molecule has 166 valence electrons. The Labute approximate surface area is 193 Å². The average Bonchev–Trinajstić information content (AvgIpc) is 3.38. The van der Waals surface area contributed by atoms with E-state index in [1.165, 1.54) is 6.33 Å². The molecule has 0 saturated heterocycles. The third-order valence-electron chi connectivity index (χ3n) is 5.55. The van der Waals surface area contributed by atoms with Crippen LogP contribution in [0.4, 0.5) is 11.5 Å². The molecule has 0 atom stereocenters. The van der Waals surface area contributed by atoms with Crippen LogP contribution in [0.15, 0.2) is 49.1 Å². The Morgan fingerprint density at radius 3 is 2.85 bits per heavy atom. The van der Waals surface area contributed by atoms with E-state index in [0.29, 0.717) is 46.3 Å². The molecular formula is C23H21ClN8O. The Balaban J connectivity index is 1.42. The predicted octanol–water partition coefficient (Wildman–Crippen LogP) is 3.41. The Morgan fingerprint density at radius 1 is 1.15 bits per heavy atom. The zero-order valence-corrected chi connectivity index (χ0v) is 18.5. The summed E-state index contributed by atoms with van der Waals surface area (Å²) in [5.74, 6) is 0.155. The molecule has 0 fully saturated rings. The summed E-state index contributed by atoms with van der Waals surface area (Å²) in [6.07, 6.45) is 3.10. The maximum absolute atomic E-state index is 12.7. The first-order chi connectivity index (χ1) is 15.9. The zero-order chi connectivity index (χ0) is 23.1. The second-order valence-electron chi connectivity index (χ2n) is 7.88. The second kappa shape index (κ2) is 8.10. The number of nitrogens with one attached hydrogen (secondary N) is 2. The number of aromatic amines is 1. The van der Waals surface area contributed by atoms with Gasteiger partial charge in [-0.15, -0.1) is 0 Å². The van der Waals surface area contributed by atoms with Crippen LogP contribution in [0.25, 0.3) is 22.1 Å². The SMILES string of the molecule is Cc1ccc(N)cc1C(=O)NCc1cc2cc(Cl)cc(Cn3cnc4c(N)ncnc43)c2[nH]1. The summed E-state index contributed by atoms with van der Waals surface area (Å²) in [5.41, 5.74) is 17.6. The molecule has 33 heavy (non-hydrogen) atoms. The first-order valence-electron chi connectivity index (χ1n) is 10.2. The molecule has 9 nitrogen and oxygen atoms in total. The fourth-order valence-corrected chi connectivity index (χ4v) is 4.16. The number of hydrogen-bond donors (Lipinski definition) is 4. The highest BCUT2D eigenvalue weighted by molar-refractivity contribution is 6.31. The Morgan fingerprint density at radius 2 is 2.00 bits per heavy atom. The molecule has 1 amide bonds. The summed E-state index contributed by atoms with van der Waals surface area (Å²) in [7, 11) is 0. The molecule has 5 aromatic rings. The van der Waals surface area contributed by atoms with Gasteiger partial charge in [0.05, 0.1) is 24.9 Å². The average molecular weight is 461 g/mol. The number of aryl methyl sites for hydroxylation is 1. The lowest BCUT2D eigenvalue weighted by Crippen LogP contribution is -2.23. The summed E-state index contributed by atoms with van der Waals surface area (Å²) in [4.78, 5) is 28.7. The first kappa shape index (κ1) is 20.8. The van der Waals surface area contributed by atoms with E-state index in [4.69, 9.17) is 23.1 Å². The summed E-state index contributed by atoms with van der Waals surface area (Å²) < 4.78 is 1.89. The number of imidazole rings is 1. The number of H-pyrrole nitrogens is 1. The molecule has 0 radical (unpaired) electrons. The second-order valence-corrected chi connectivity index (χ2v) is 8.32. The molecule has 0 bridgehead atoms. The van der Waals surface area contributed by atoms with Gasteiger partial charge in [-0.25, -0.2) is 15.0 Å². The number of benzene rings is 2. The van der Waals surface area contributed by atoms with E-state index in [1.54, 1.807) is 18.5 Å². The lowest BCUT2D eigenvalue weighted by Gasteiger charge is -2.08. The minimum atomic E-state index is -0.182. The molecule has 0 aliphatic heterocycles. The van der Waals surface area contributed by atoms with Crippen molar-refractivity contribution in [1.82, 2.24) is 29.8 Å². The van der Waals surface area contributed by atoms with Crippen LogP contribution in [0.2, 0.25) is 5.02 Å². The van der Waals surface area contributed by atoms with Crippen LogP contribution in [0.3, 0.4) is 0 Å². The number of anilines is 2. The minimum absolute atomic E-state index is 0.182. The molecule has 5 rings (SSSR count). The number of rotatable bonds is 5. The fraction of sp³-hybridized carbons (Fsp3) is 0.130. The molecule has 0 aliphatic rings. The van der Waals surface area contributed by atoms with E-state index in [1.807, 2.05) is 35.8 Å². The number of nitrogen functional groups attached to an aromatic ring is 2. The van der Waals surface area contributed by atoms with Gasteiger partial charge in [-0.05, 0) is 48.4 Å². The highest BCUT2D eigenvalue weighted by Crippen LogP contribution is 2.27. The van der Waals surface area contributed by atoms with Gasteiger partial charge in [0.2, 0.25) is 0 Å². The number of aromatic nitrogens is 5. The van der Waals surface area contributed by atoms with Crippen molar-refractivity contribution in [2.45, 2.75) is 20.0 Å². The van der Waals surface area contributed by atoms with Crippen LogP contribution < -0.4 is 16.8 Å². The Hall–Kier alpha value is -4.11. The fourth-order valence-electron chi connectivity index (χ4n) is 3.91. The summed E-state index contributed by atoms with van der Waals surface area (Å²) in [5, 5.41) is 4.51. The largest absolute Gasteiger partial charge is 0.399 e. The normalized spacial score (nSPS) is 11.3. The predicted molar refractivity (Wildman–Crippen MR) is 129 cm³/mol. The smallest absolute Gasteiger partial charge is 0.251 e. The molecule has 0 spiro atoms. The van der Waals surface area contributed by atoms with Gasteiger partial charge in [-0.3, -0.25) is 4.79 Å². The van der Waals surface area contributed by atoms with Crippen LogP contribution in [-0.2, 0) is 13.1 Å². The summed E-state index contributed by atoms with van der Waals surface area (Å²) in [6, 6.07) is 11.0. The van der Waals surface area contributed by atoms with Crippen molar-refractivity contribution in [2.24, 2.45) is 0 Å². The van der Waals surface area contributed by atoms with Crippen LogP contribution in [0.5, 0.6) is 0 Å². The number of carbonyl (C=O) groups is 1. The Bertz CT molecular complexity index is 1520. The monoisotopic (exact) mass is 460 g/mol. The quantitative estimate of drug-likeness (QED) is 0.296. The Kier molecular flexibility index (Phi) is 5.10. The summed E-state index contributed by atoms with van der Waals surface area (Å²) >= 11 is 6.39. The molecule has 3 aromatic heterocycles. The number of nitrogens with two attached hydrogens (primary N) is 2. The van der Waals surface area contributed by atoms with Crippen molar-refractivity contribution < 1.29 is 4.79 Å². The maximum Gasteiger partial charge on any atom is 0.251 e. The number of hydrogen-bond acceptors (Lipinski definition) is 6. The van der Waals surface area contributed by atoms with E-state index in [0.717, 1.165) is 27.7 Å². The molecule has 3 heterocycles. The molecule has 2 aromatic carbocycles. The van der Waals surface area contributed by atoms with Gasteiger partial charge in [0, 0.05) is 27.4 Å². The van der Waals surface area contributed by atoms with Gasteiger partial charge in [-0.2, -0.15) is 0 Å². The number of carbonyl (C=O) groups excluding carboxylic acids is 1. The lowest BCUT2D eigenvalue weighted by molar-refractivity contribution is 0.0950. The topological polar surface area (TPSA) is 141 Å². The standard InChI is InChI=1S/C23H21ClN8O/c1-12-2-3-16(25)7-18(12)23(33)27-8-17-6-13-4-15(24)5-14(19(13)31-17)9-32-11-30-20-21(26)28-10-29-22(20)32/h2-7,10-11,31H,8-9,25H2,1H3,(H,27,33)(H2,26,28,29). The number of fused-ring (bicyclic) bond motifs is 2. The molecule has 0 aliphatic carbocycles. The number of amides is 1. The van der Waals surface area contributed by atoms with Gasteiger partial charge >= 0.3 is 0 Å². The van der Waals surface area contributed by atoms with Gasteiger partial charge in [0.1, 0.15) is 11.8 Å². The molecule has 10 heteroatoms. The van der Waals surface area contributed by atoms with Gasteiger partial charge < -0.3 is 26.3 Å². The molecule has 0 saturated carbocycles. The zero-order valence-electron chi connectivity index (χ0n) is 17.8. The van der Waals surface area contributed by atoms with Crippen LogP contribution in [0, 0.1) is 6.92 Å². The molecular weight excluding hydrogens is 440 g/mol. The van der Waals surface area contributed by atoms with E-state index in [9.17, 15) is 4.79 Å². The maximum atomic E-state index is 12.7. The number of halogens is 1. The highest BCUT2D eigenvalue weighted by atomic mass is 35.5. The van der Waals surface area contributed by atoms with Crippen molar-refractivity contribution >= 4 is 51.1 Å². The van der Waals surface area contributed by atoms with Gasteiger partial charge in [0.25, 0.3) is 5.91 Å². The van der Waals surface area contributed by atoms with E-state index < -0.39 is 0 Å². The van der Waals surface area contributed by atoms with Crippen molar-refractivity contribution in [3.05, 3.63) is 76.5 Å². The van der Waals surface area contributed by atoms with Crippen molar-refractivity contribution in [3.8, 4) is 0 Å². The van der Waals surface area contributed by atoms with Crippen molar-refractivity contribution in [2.75, 3.05) is 11.5 Å². The minimum Gasteiger partial charge on any atom is -0.399 e. The van der Waals surface area contributed by atoms with Crippen LogP contribution in [0.1, 0.15) is 27.2 Å². The van der Waals surface area contributed by atoms with Crippen molar-refractivity contribution in [1.29, 1.82) is 0 Å². The highest BCUT2D eigenvalue weighted by Gasteiger charge is 2.14. The van der Waals surface area contributed by atoms with Crippen molar-refractivity contribution in [3.63, 3.8) is 0 Å². The summed E-state index contributed by atoms with van der Waals surface area (Å²) in [6.45, 7) is 2.69. The van der Waals surface area contributed by atoms with Gasteiger partial charge in [0.15, 0.2) is 11.5 Å². The molecule has 0 unspecified atom stereocenters. The number of nitrogens with zero attached hydrogens (tertiary/aromatic N) is 4. The molecule has 6 N–H and O–H groups in total. The van der Waals surface area contributed by atoms with E-state index in [2.05, 4.69) is 25.3 Å². The van der Waals surface area contributed by atoms with Crippen LogP contribution in [-0.4, -0.2) is 30.4 Å². The third kappa shape index (κ3) is 3.94. The van der Waals surface area contributed by atoms with E-state index >= 15 is 0 Å². The van der Waals surface area contributed by atoms with Crippen LogP contribution >= 0.6 is 11.6 Å². The lowest BCUT2D eigenvalue weighted by atomic mass is 10.1. The van der Waals surface area contributed by atoms with E-state index in [-0.39, 0.29) is 5.91 Å².